The Morgan fingerprint density at radius 1 is 1.47 bits per heavy atom. The summed E-state index contributed by atoms with van der Waals surface area (Å²) in [7, 11) is 0. The van der Waals surface area contributed by atoms with E-state index in [1.54, 1.807) is 0 Å². The molecule has 0 saturated heterocycles. The molecule has 0 aliphatic carbocycles. The Balaban J connectivity index is 2.16. The second kappa shape index (κ2) is 6.20. The fraction of sp³-hybridized carbons (Fsp3) is 0.562. The molecule has 3 nitrogen and oxygen atoms in total. The standard InChI is InChI=1S/C16H24N2O/c1-3-13(11-17)10-16(19)18-8-4-5-14-9-12(2)6-7-15(14)18/h6-7,9,13H,3-5,8,10-11,17H2,1-2H3. The molecule has 104 valence electrons. The second-order valence-electron chi connectivity index (χ2n) is 5.50. The lowest BCUT2D eigenvalue weighted by Gasteiger charge is -2.31. The Morgan fingerprint density at radius 3 is 2.95 bits per heavy atom. The normalized spacial score (nSPS) is 16.1. The molecule has 19 heavy (non-hydrogen) atoms. The van der Waals surface area contributed by atoms with E-state index < -0.39 is 0 Å². The van der Waals surface area contributed by atoms with Gasteiger partial charge in [0.05, 0.1) is 0 Å². The number of carbonyl (C=O) groups is 1. The molecule has 1 atom stereocenters. The van der Waals surface area contributed by atoms with Crippen LogP contribution in [0.25, 0.3) is 0 Å². The van der Waals surface area contributed by atoms with E-state index in [9.17, 15) is 4.79 Å². The zero-order chi connectivity index (χ0) is 13.8. The lowest BCUT2D eigenvalue weighted by Crippen LogP contribution is -2.37. The maximum atomic E-state index is 12.4. The summed E-state index contributed by atoms with van der Waals surface area (Å²) in [6, 6.07) is 6.38. The van der Waals surface area contributed by atoms with Gasteiger partial charge < -0.3 is 10.6 Å². The summed E-state index contributed by atoms with van der Waals surface area (Å²) in [5.41, 5.74) is 9.38. The number of fused-ring (bicyclic) bond motifs is 1. The van der Waals surface area contributed by atoms with Gasteiger partial charge >= 0.3 is 0 Å². The molecular formula is C16H24N2O. The van der Waals surface area contributed by atoms with Crippen LogP contribution in [0.2, 0.25) is 0 Å². The third-order valence-electron chi connectivity index (χ3n) is 4.03. The number of hydrogen-bond donors (Lipinski definition) is 1. The molecule has 0 bridgehead atoms. The topological polar surface area (TPSA) is 46.3 Å². The Labute approximate surface area is 115 Å². The van der Waals surface area contributed by atoms with Crippen LogP contribution in [0.15, 0.2) is 18.2 Å². The summed E-state index contributed by atoms with van der Waals surface area (Å²) in [4.78, 5) is 14.4. The molecule has 1 heterocycles. The lowest BCUT2D eigenvalue weighted by molar-refractivity contribution is -0.119. The molecule has 1 aliphatic rings. The lowest BCUT2D eigenvalue weighted by atomic mass is 9.97. The molecule has 1 amide bonds. The van der Waals surface area contributed by atoms with Crippen LogP contribution >= 0.6 is 0 Å². The maximum absolute atomic E-state index is 12.4. The quantitative estimate of drug-likeness (QED) is 0.904. The number of rotatable bonds is 4. The number of amides is 1. The van der Waals surface area contributed by atoms with Crippen molar-refractivity contribution in [3.63, 3.8) is 0 Å². The number of nitrogens with two attached hydrogens (primary N) is 1. The molecule has 1 aromatic carbocycles. The van der Waals surface area contributed by atoms with E-state index in [0.717, 1.165) is 31.5 Å². The molecule has 0 aromatic heterocycles. The minimum atomic E-state index is 0.224. The van der Waals surface area contributed by atoms with Crippen LogP contribution in [0.3, 0.4) is 0 Å². The van der Waals surface area contributed by atoms with Gasteiger partial charge in [0.25, 0.3) is 0 Å². The van der Waals surface area contributed by atoms with E-state index in [0.29, 0.717) is 18.9 Å². The minimum absolute atomic E-state index is 0.224. The Morgan fingerprint density at radius 2 is 2.26 bits per heavy atom. The van der Waals surface area contributed by atoms with Crippen molar-refractivity contribution >= 4 is 11.6 Å². The summed E-state index contributed by atoms with van der Waals surface area (Å²) < 4.78 is 0. The first-order valence-electron chi connectivity index (χ1n) is 7.25. The van der Waals surface area contributed by atoms with Gasteiger partial charge in [-0.2, -0.15) is 0 Å². The summed E-state index contributed by atoms with van der Waals surface area (Å²) in [6.45, 7) is 5.63. The van der Waals surface area contributed by atoms with Crippen molar-refractivity contribution < 1.29 is 4.79 Å². The van der Waals surface area contributed by atoms with Crippen molar-refractivity contribution in [1.29, 1.82) is 0 Å². The van der Waals surface area contributed by atoms with Gasteiger partial charge in [0.15, 0.2) is 0 Å². The molecule has 1 aliphatic heterocycles. The molecule has 0 spiro atoms. The third-order valence-corrected chi connectivity index (χ3v) is 4.03. The monoisotopic (exact) mass is 260 g/mol. The average molecular weight is 260 g/mol. The minimum Gasteiger partial charge on any atom is -0.330 e. The van der Waals surface area contributed by atoms with Crippen molar-refractivity contribution in [3.05, 3.63) is 29.3 Å². The molecule has 0 radical (unpaired) electrons. The highest BCUT2D eigenvalue weighted by atomic mass is 16.2. The van der Waals surface area contributed by atoms with Crippen LogP contribution in [-0.2, 0) is 11.2 Å². The van der Waals surface area contributed by atoms with Gasteiger partial charge in [-0.05, 0) is 43.9 Å². The first-order valence-corrected chi connectivity index (χ1v) is 7.25. The summed E-state index contributed by atoms with van der Waals surface area (Å²) in [6.07, 6.45) is 3.67. The first kappa shape index (κ1) is 14.1. The summed E-state index contributed by atoms with van der Waals surface area (Å²) in [5.74, 6) is 0.533. The van der Waals surface area contributed by atoms with Gasteiger partial charge in [-0.1, -0.05) is 31.0 Å². The summed E-state index contributed by atoms with van der Waals surface area (Å²) >= 11 is 0. The van der Waals surface area contributed by atoms with E-state index in [-0.39, 0.29) is 5.91 Å². The van der Waals surface area contributed by atoms with E-state index in [4.69, 9.17) is 5.73 Å². The Bertz CT molecular complexity index is 452. The highest BCUT2D eigenvalue weighted by Crippen LogP contribution is 2.29. The van der Waals surface area contributed by atoms with Crippen LogP contribution in [0.5, 0.6) is 0 Å². The number of hydrogen-bond acceptors (Lipinski definition) is 2. The molecule has 2 N–H and O–H groups in total. The van der Waals surface area contributed by atoms with Crippen LogP contribution < -0.4 is 10.6 Å². The van der Waals surface area contributed by atoms with Crippen molar-refractivity contribution in [3.8, 4) is 0 Å². The average Bonchev–Trinajstić information content (AvgIpc) is 2.43. The van der Waals surface area contributed by atoms with Gasteiger partial charge in [0.2, 0.25) is 5.91 Å². The van der Waals surface area contributed by atoms with Crippen LogP contribution in [0, 0.1) is 12.8 Å². The van der Waals surface area contributed by atoms with Gasteiger partial charge in [-0.15, -0.1) is 0 Å². The van der Waals surface area contributed by atoms with Crippen LogP contribution in [0.1, 0.15) is 37.3 Å². The van der Waals surface area contributed by atoms with Crippen molar-refractivity contribution in [1.82, 2.24) is 0 Å². The van der Waals surface area contributed by atoms with Crippen molar-refractivity contribution in [2.24, 2.45) is 11.7 Å². The predicted octanol–water partition coefficient (Wildman–Crippen LogP) is 2.65. The largest absolute Gasteiger partial charge is 0.330 e. The molecule has 3 heteroatoms. The fourth-order valence-electron chi connectivity index (χ4n) is 2.74. The van der Waals surface area contributed by atoms with E-state index in [1.807, 2.05) is 4.90 Å². The Kier molecular flexibility index (Phi) is 4.59. The Hall–Kier alpha value is -1.35. The number of aryl methyl sites for hydroxylation is 2. The number of anilines is 1. The third kappa shape index (κ3) is 3.16. The van der Waals surface area contributed by atoms with Gasteiger partial charge in [-0.25, -0.2) is 0 Å². The van der Waals surface area contributed by atoms with E-state index >= 15 is 0 Å². The predicted molar refractivity (Wildman–Crippen MR) is 79.3 cm³/mol. The number of nitrogens with zero attached hydrogens (tertiary/aromatic N) is 1. The maximum Gasteiger partial charge on any atom is 0.227 e. The highest BCUT2D eigenvalue weighted by molar-refractivity contribution is 5.94. The van der Waals surface area contributed by atoms with Crippen LogP contribution in [-0.4, -0.2) is 19.0 Å². The molecule has 0 fully saturated rings. The summed E-state index contributed by atoms with van der Waals surface area (Å²) in [5, 5.41) is 0. The van der Waals surface area contributed by atoms with Gasteiger partial charge in [-0.3, -0.25) is 4.79 Å². The number of benzene rings is 1. The molecule has 0 saturated carbocycles. The smallest absolute Gasteiger partial charge is 0.227 e. The van der Waals surface area contributed by atoms with Crippen molar-refractivity contribution in [2.75, 3.05) is 18.0 Å². The van der Waals surface area contributed by atoms with Crippen molar-refractivity contribution in [2.45, 2.75) is 39.5 Å². The highest BCUT2D eigenvalue weighted by Gasteiger charge is 2.23. The van der Waals surface area contributed by atoms with E-state index in [1.165, 1.54) is 11.1 Å². The first-order chi connectivity index (χ1) is 9.15. The molecule has 1 unspecified atom stereocenters. The SMILES string of the molecule is CCC(CN)CC(=O)N1CCCc2cc(C)ccc21. The fourth-order valence-corrected chi connectivity index (χ4v) is 2.74. The molecular weight excluding hydrogens is 236 g/mol. The van der Waals surface area contributed by atoms with Gasteiger partial charge in [0.1, 0.15) is 0 Å². The second-order valence-corrected chi connectivity index (χ2v) is 5.50. The molecule has 1 aromatic rings. The zero-order valence-electron chi connectivity index (χ0n) is 12.0. The van der Waals surface area contributed by atoms with Gasteiger partial charge in [0, 0.05) is 18.7 Å². The van der Waals surface area contributed by atoms with Crippen LogP contribution in [0.4, 0.5) is 5.69 Å². The van der Waals surface area contributed by atoms with E-state index in [2.05, 4.69) is 32.0 Å². The molecule has 2 rings (SSSR count). The number of carbonyl (C=O) groups excluding carboxylic acids is 1. The zero-order valence-corrected chi connectivity index (χ0v) is 12.0.